The fraction of sp³-hybridized carbons (Fsp3) is 0.393. The highest BCUT2D eigenvalue weighted by molar-refractivity contribution is 6.33. The first-order chi connectivity index (χ1) is 17.7. The Hall–Kier alpha value is -2.75. The van der Waals surface area contributed by atoms with E-state index in [1.165, 1.54) is 12.1 Å². The number of hydrogen-bond donors (Lipinski definition) is 3. The Balaban J connectivity index is 1.62. The summed E-state index contributed by atoms with van der Waals surface area (Å²) in [4.78, 5) is 8.64. The Morgan fingerprint density at radius 2 is 1.86 bits per heavy atom. The van der Waals surface area contributed by atoms with Crippen molar-refractivity contribution in [2.45, 2.75) is 38.1 Å². The summed E-state index contributed by atoms with van der Waals surface area (Å²) in [6, 6.07) is 15.3. The molecule has 7 nitrogen and oxygen atoms in total. The fourth-order valence-corrected chi connectivity index (χ4v) is 5.24. The number of nitrogens with zero attached hydrogens (tertiary/aromatic N) is 3. The number of halogens is 2. The highest BCUT2D eigenvalue weighted by Gasteiger charge is 2.37. The van der Waals surface area contributed by atoms with Gasteiger partial charge in [0.1, 0.15) is 23.8 Å². The summed E-state index contributed by atoms with van der Waals surface area (Å²) in [5, 5.41) is 30.2. The number of ether oxygens (including phenoxy) is 1. The molecular weight excluding hydrogens is 497 g/mol. The Morgan fingerprint density at radius 1 is 1.11 bits per heavy atom. The third kappa shape index (κ3) is 6.40. The van der Waals surface area contributed by atoms with E-state index in [2.05, 4.69) is 21.7 Å². The van der Waals surface area contributed by atoms with Crippen LogP contribution in [0.1, 0.15) is 36.7 Å². The fourth-order valence-electron chi connectivity index (χ4n) is 4.97. The van der Waals surface area contributed by atoms with Crippen molar-refractivity contribution in [3.05, 3.63) is 88.5 Å². The molecule has 9 heteroatoms. The van der Waals surface area contributed by atoms with Gasteiger partial charge in [0.2, 0.25) is 0 Å². The van der Waals surface area contributed by atoms with Gasteiger partial charge in [-0.2, -0.15) is 0 Å². The molecule has 37 heavy (non-hydrogen) atoms. The molecule has 2 aromatic carbocycles. The van der Waals surface area contributed by atoms with E-state index in [1.54, 1.807) is 43.5 Å². The monoisotopic (exact) mass is 529 g/mol. The lowest BCUT2D eigenvalue weighted by Gasteiger charge is -2.49. The zero-order valence-corrected chi connectivity index (χ0v) is 21.8. The highest BCUT2D eigenvalue weighted by atomic mass is 35.5. The van der Waals surface area contributed by atoms with Crippen molar-refractivity contribution in [1.29, 1.82) is 0 Å². The molecule has 1 saturated heterocycles. The van der Waals surface area contributed by atoms with E-state index < -0.39 is 5.60 Å². The summed E-state index contributed by atoms with van der Waals surface area (Å²) in [5.74, 6) is 0.269. The Kier molecular flexibility index (Phi) is 8.67. The zero-order valence-electron chi connectivity index (χ0n) is 21.0. The molecule has 2 heterocycles. The largest absolute Gasteiger partial charge is 0.491 e. The van der Waals surface area contributed by atoms with E-state index in [4.69, 9.17) is 21.4 Å². The maximum absolute atomic E-state index is 13.8. The van der Waals surface area contributed by atoms with Crippen LogP contribution in [-0.2, 0) is 12.2 Å². The van der Waals surface area contributed by atoms with Gasteiger partial charge in [-0.3, -0.25) is 9.88 Å². The lowest BCUT2D eigenvalue weighted by molar-refractivity contribution is 0.00606. The summed E-state index contributed by atoms with van der Waals surface area (Å²) < 4.78 is 19.3. The Bertz CT molecular complexity index is 1180. The predicted octanol–water partition coefficient (Wildman–Crippen LogP) is 3.90. The average Bonchev–Trinajstić information content (AvgIpc) is 2.88. The minimum absolute atomic E-state index is 0.0104. The minimum atomic E-state index is -1.17. The lowest BCUT2D eigenvalue weighted by Crippen LogP contribution is -2.56. The molecule has 0 radical (unpaired) electrons. The standard InChI is InChI=1S/C28H33ClFN3O4/c1-19-15-32(18-28(2,36)21-5-8-23(17-35)31-14-21)16-27(20-3-6-22(30)7-4-20)33(19)26-10-9-24(13-25(26)29)37-12-11-34/h3-10,13-14,19,27,34-36H,11-12,15-18H2,1-2H3/t19-,27+,28-/m1/s1. The van der Waals surface area contributed by atoms with E-state index in [9.17, 15) is 14.6 Å². The van der Waals surface area contributed by atoms with Gasteiger partial charge in [-0.05, 0) is 49.7 Å². The number of pyridine rings is 1. The van der Waals surface area contributed by atoms with Crippen LogP contribution in [0.15, 0.2) is 60.8 Å². The molecule has 0 unspecified atom stereocenters. The van der Waals surface area contributed by atoms with Crippen molar-refractivity contribution in [3.8, 4) is 5.75 Å². The second-order valence-electron chi connectivity index (χ2n) is 9.67. The number of aromatic nitrogens is 1. The molecule has 4 rings (SSSR count). The van der Waals surface area contributed by atoms with Gasteiger partial charge in [-0.25, -0.2) is 4.39 Å². The van der Waals surface area contributed by atoms with Crippen LogP contribution >= 0.6 is 11.6 Å². The molecule has 1 aliphatic rings. The summed E-state index contributed by atoms with van der Waals surface area (Å²) in [5.41, 5.74) is 1.81. The number of benzene rings is 2. The molecule has 3 aromatic rings. The molecule has 1 aliphatic heterocycles. The van der Waals surface area contributed by atoms with Crippen LogP contribution in [-0.4, -0.2) is 64.1 Å². The Labute approximate surface area is 221 Å². The van der Waals surface area contributed by atoms with E-state index in [0.717, 1.165) is 11.3 Å². The molecule has 0 spiro atoms. The first-order valence-corrected chi connectivity index (χ1v) is 12.7. The highest BCUT2D eigenvalue weighted by Crippen LogP contribution is 2.40. The van der Waals surface area contributed by atoms with Crippen LogP contribution < -0.4 is 9.64 Å². The number of β-amino-alcohol motifs (C(OH)–C–C–N with tert-alkyl or cyclic N) is 1. The predicted molar refractivity (Wildman–Crippen MR) is 141 cm³/mol. The molecule has 3 N–H and O–H groups in total. The zero-order chi connectivity index (χ0) is 26.6. The maximum Gasteiger partial charge on any atom is 0.123 e. The van der Waals surface area contributed by atoms with Gasteiger partial charge in [0.05, 0.1) is 35.7 Å². The number of aliphatic hydroxyl groups is 3. The van der Waals surface area contributed by atoms with Gasteiger partial charge >= 0.3 is 0 Å². The van der Waals surface area contributed by atoms with Crippen LogP contribution in [0.25, 0.3) is 0 Å². The number of aliphatic hydroxyl groups excluding tert-OH is 2. The maximum atomic E-state index is 13.8. The third-order valence-corrected chi connectivity index (χ3v) is 7.02. The number of piperazine rings is 1. The number of hydrogen-bond acceptors (Lipinski definition) is 7. The number of anilines is 1. The molecule has 0 aliphatic carbocycles. The van der Waals surface area contributed by atoms with Crippen molar-refractivity contribution >= 4 is 17.3 Å². The van der Waals surface area contributed by atoms with Crippen LogP contribution in [0, 0.1) is 5.82 Å². The molecule has 198 valence electrons. The number of rotatable bonds is 9. The summed E-state index contributed by atoms with van der Waals surface area (Å²) in [7, 11) is 0. The molecule has 1 aromatic heterocycles. The molecule has 0 saturated carbocycles. The van der Waals surface area contributed by atoms with Gasteiger partial charge in [0, 0.05) is 43.5 Å². The molecule has 3 atom stereocenters. The van der Waals surface area contributed by atoms with E-state index in [-0.39, 0.29) is 37.7 Å². The topological polar surface area (TPSA) is 89.3 Å². The van der Waals surface area contributed by atoms with Gasteiger partial charge in [0.15, 0.2) is 0 Å². The van der Waals surface area contributed by atoms with E-state index in [1.807, 2.05) is 12.1 Å². The molecule has 0 bridgehead atoms. The smallest absolute Gasteiger partial charge is 0.123 e. The van der Waals surface area contributed by atoms with Crippen LogP contribution in [0.2, 0.25) is 5.02 Å². The van der Waals surface area contributed by atoms with Crippen molar-refractivity contribution in [2.24, 2.45) is 0 Å². The quantitative estimate of drug-likeness (QED) is 0.387. The molecular formula is C28H33ClFN3O4. The van der Waals surface area contributed by atoms with Gasteiger partial charge in [-0.15, -0.1) is 0 Å². The average molecular weight is 530 g/mol. The first-order valence-electron chi connectivity index (χ1n) is 12.3. The van der Waals surface area contributed by atoms with Gasteiger partial charge in [0.25, 0.3) is 0 Å². The van der Waals surface area contributed by atoms with Gasteiger partial charge in [-0.1, -0.05) is 29.8 Å². The minimum Gasteiger partial charge on any atom is -0.491 e. The Morgan fingerprint density at radius 3 is 2.49 bits per heavy atom. The van der Waals surface area contributed by atoms with Crippen molar-refractivity contribution in [2.75, 3.05) is 37.7 Å². The summed E-state index contributed by atoms with van der Waals surface area (Å²) in [6.07, 6.45) is 1.60. The van der Waals surface area contributed by atoms with E-state index >= 15 is 0 Å². The van der Waals surface area contributed by atoms with E-state index in [0.29, 0.717) is 41.7 Å². The third-order valence-electron chi connectivity index (χ3n) is 6.72. The molecule has 1 fully saturated rings. The van der Waals surface area contributed by atoms with Crippen LogP contribution in [0.3, 0.4) is 0 Å². The lowest BCUT2D eigenvalue weighted by atomic mass is 9.93. The van der Waals surface area contributed by atoms with Crippen LogP contribution in [0.5, 0.6) is 5.75 Å². The second kappa shape index (κ2) is 11.8. The first kappa shape index (κ1) is 27.3. The van der Waals surface area contributed by atoms with Crippen molar-refractivity contribution < 1.29 is 24.4 Å². The second-order valence-corrected chi connectivity index (χ2v) is 10.1. The normalized spacial score (nSPS) is 20.0. The van der Waals surface area contributed by atoms with Gasteiger partial charge < -0.3 is 25.0 Å². The van der Waals surface area contributed by atoms with Crippen molar-refractivity contribution in [3.63, 3.8) is 0 Å². The summed E-state index contributed by atoms with van der Waals surface area (Å²) >= 11 is 6.71. The van der Waals surface area contributed by atoms with Crippen molar-refractivity contribution in [1.82, 2.24) is 9.88 Å². The summed E-state index contributed by atoms with van der Waals surface area (Å²) in [6.45, 7) is 5.40. The van der Waals surface area contributed by atoms with Crippen LogP contribution in [0.4, 0.5) is 10.1 Å². The SMILES string of the molecule is C[C@@H]1CN(C[C@@](C)(O)c2ccc(CO)nc2)C[C@@H](c2ccc(F)cc2)N1c1ccc(OCCO)cc1Cl. The molecule has 0 amide bonds.